The fraction of sp³-hybridized carbons (Fsp3) is 0.286. The Balaban J connectivity index is 1.77. The molecule has 0 unspecified atom stereocenters. The van der Waals surface area contributed by atoms with Crippen LogP contribution in [0.15, 0.2) is 41.6 Å². The van der Waals surface area contributed by atoms with E-state index >= 15 is 0 Å². The molecule has 3 rings (SSSR count). The topological polar surface area (TPSA) is 102 Å². The van der Waals surface area contributed by atoms with Crippen LogP contribution >= 0.6 is 45.9 Å². The minimum absolute atomic E-state index is 0.0491. The molecule has 7 nitrogen and oxygen atoms in total. The smallest absolute Gasteiger partial charge is 0.306 e. The van der Waals surface area contributed by atoms with Crippen molar-refractivity contribution in [1.29, 1.82) is 0 Å². The lowest BCUT2D eigenvalue weighted by atomic mass is 10.1. The van der Waals surface area contributed by atoms with Gasteiger partial charge in [-0.1, -0.05) is 23.2 Å². The van der Waals surface area contributed by atoms with Gasteiger partial charge in [0.25, 0.3) is 0 Å². The number of hydrogen-bond donors (Lipinski definition) is 1. The van der Waals surface area contributed by atoms with Crippen LogP contribution in [-0.4, -0.2) is 38.3 Å². The van der Waals surface area contributed by atoms with Crippen molar-refractivity contribution < 1.29 is 22.7 Å². The van der Waals surface area contributed by atoms with Crippen molar-refractivity contribution in [2.45, 2.75) is 31.1 Å². The Hall–Kier alpha value is -1.82. The zero-order chi connectivity index (χ0) is 24.0. The SMILES string of the molecule is CCOC(=O)CCc1cc(CCNS(=O)(=O)c2cc(Cl)sc2Cl)c(C(=O)c2cccnc2)s1. The fourth-order valence-corrected chi connectivity index (χ4v) is 7.33. The van der Waals surface area contributed by atoms with Crippen molar-refractivity contribution in [1.82, 2.24) is 9.71 Å². The van der Waals surface area contributed by atoms with Gasteiger partial charge in [0.05, 0.1) is 22.2 Å². The molecule has 0 aliphatic carbocycles. The van der Waals surface area contributed by atoms with E-state index in [9.17, 15) is 18.0 Å². The number of nitrogens with one attached hydrogen (secondary N) is 1. The molecule has 3 aromatic heterocycles. The Morgan fingerprint density at radius 2 is 1.97 bits per heavy atom. The molecule has 0 saturated heterocycles. The molecular weight excluding hydrogens is 527 g/mol. The van der Waals surface area contributed by atoms with Crippen LogP contribution in [0.25, 0.3) is 0 Å². The Bertz CT molecular complexity index is 1240. The molecule has 0 atom stereocenters. The Labute approximate surface area is 209 Å². The van der Waals surface area contributed by atoms with Gasteiger partial charge in [-0.3, -0.25) is 14.6 Å². The van der Waals surface area contributed by atoms with Crippen LogP contribution in [0.1, 0.15) is 39.0 Å². The summed E-state index contributed by atoms with van der Waals surface area (Å²) >= 11 is 14.1. The van der Waals surface area contributed by atoms with Crippen molar-refractivity contribution in [3.8, 4) is 0 Å². The molecular formula is C21H20Cl2N2O5S3. The van der Waals surface area contributed by atoms with Gasteiger partial charge in [-0.2, -0.15) is 0 Å². The number of hydrogen-bond acceptors (Lipinski definition) is 8. The van der Waals surface area contributed by atoms with Gasteiger partial charge in [0.15, 0.2) is 0 Å². The van der Waals surface area contributed by atoms with E-state index in [1.165, 1.54) is 23.6 Å². The maximum Gasteiger partial charge on any atom is 0.306 e. The number of thiophene rings is 2. The number of pyridine rings is 1. The number of carbonyl (C=O) groups excluding carboxylic acids is 2. The summed E-state index contributed by atoms with van der Waals surface area (Å²) in [6.45, 7) is 2.09. The average molecular weight is 548 g/mol. The van der Waals surface area contributed by atoms with Crippen molar-refractivity contribution in [2.75, 3.05) is 13.2 Å². The van der Waals surface area contributed by atoms with E-state index in [4.69, 9.17) is 27.9 Å². The molecule has 176 valence electrons. The van der Waals surface area contributed by atoms with Gasteiger partial charge in [0, 0.05) is 29.4 Å². The summed E-state index contributed by atoms with van der Waals surface area (Å²) in [7, 11) is -3.86. The Morgan fingerprint density at radius 1 is 1.18 bits per heavy atom. The summed E-state index contributed by atoms with van der Waals surface area (Å²) in [5.74, 6) is -0.521. The van der Waals surface area contributed by atoms with Gasteiger partial charge in [0.2, 0.25) is 15.8 Å². The standard InChI is InChI=1S/C21H20Cl2N2O5S3/c1-2-30-18(26)6-5-15-10-13(20(31-15)19(27)14-4-3-8-24-12-14)7-9-25-33(28,29)16-11-17(22)32-21(16)23/h3-4,8,10-12,25H,2,5-7,9H2,1H3. The van der Waals surface area contributed by atoms with E-state index < -0.39 is 10.0 Å². The van der Waals surface area contributed by atoms with E-state index in [-0.39, 0.29) is 44.7 Å². The first-order valence-corrected chi connectivity index (χ1v) is 13.7. The van der Waals surface area contributed by atoms with E-state index in [1.54, 1.807) is 25.3 Å². The number of nitrogens with zero attached hydrogens (tertiary/aromatic N) is 1. The van der Waals surface area contributed by atoms with E-state index in [0.29, 0.717) is 29.0 Å². The zero-order valence-corrected chi connectivity index (χ0v) is 21.4. The minimum Gasteiger partial charge on any atom is -0.466 e. The number of ether oxygens (including phenoxy) is 1. The third-order valence-electron chi connectivity index (χ3n) is 4.47. The molecule has 0 spiro atoms. The highest BCUT2D eigenvalue weighted by molar-refractivity contribution is 7.89. The van der Waals surface area contributed by atoms with Gasteiger partial charge in [-0.05, 0) is 49.6 Å². The van der Waals surface area contributed by atoms with Crippen molar-refractivity contribution in [2.24, 2.45) is 0 Å². The molecule has 0 amide bonds. The molecule has 0 aliphatic rings. The lowest BCUT2D eigenvalue weighted by Gasteiger charge is -2.06. The molecule has 0 aromatic carbocycles. The summed E-state index contributed by atoms with van der Waals surface area (Å²) in [6.07, 6.45) is 3.94. The van der Waals surface area contributed by atoms with Crippen molar-refractivity contribution >= 4 is 67.7 Å². The zero-order valence-electron chi connectivity index (χ0n) is 17.5. The van der Waals surface area contributed by atoms with E-state index in [2.05, 4.69) is 9.71 Å². The van der Waals surface area contributed by atoms with Gasteiger partial charge >= 0.3 is 5.97 Å². The number of sulfonamides is 1. The third kappa shape index (κ3) is 6.84. The first kappa shape index (κ1) is 25.8. The average Bonchev–Trinajstić information content (AvgIpc) is 3.35. The minimum atomic E-state index is -3.86. The Kier molecular flexibility index (Phi) is 9.02. The summed E-state index contributed by atoms with van der Waals surface area (Å²) in [5, 5.41) is 0. The first-order valence-electron chi connectivity index (χ1n) is 9.87. The van der Waals surface area contributed by atoms with Crippen LogP contribution in [0.4, 0.5) is 0 Å². The first-order chi connectivity index (χ1) is 15.7. The number of halogens is 2. The van der Waals surface area contributed by atoms with Gasteiger partial charge in [0.1, 0.15) is 9.23 Å². The molecule has 0 fully saturated rings. The number of aryl methyl sites for hydroxylation is 1. The van der Waals surface area contributed by atoms with Crippen LogP contribution in [0.2, 0.25) is 8.67 Å². The van der Waals surface area contributed by atoms with E-state index in [1.807, 2.05) is 6.07 Å². The third-order valence-corrected chi connectivity index (χ3v) is 8.92. The molecule has 0 aliphatic heterocycles. The monoisotopic (exact) mass is 546 g/mol. The summed E-state index contributed by atoms with van der Waals surface area (Å²) in [4.78, 5) is 30.0. The molecule has 0 radical (unpaired) electrons. The predicted octanol–water partition coefficient (Wildman–Crippen LogP) is 4.76. The second-order valence-electron chi connectivity index (χ2n) is 6.78. The van der Waals surface area contributed by atoms with Crippen LogP contribution in [0.3, 0.4) is 0 Å². The van der Waals surface area contributed by atoms with Crippen LogP contribution < -0.4 is 4.72 Å². The van der Waals surface area contributed by atoms with E-state index in [0.717, 1.165) is 16.2 Å². The number of esters is 1. The fourth-order valence-electron chi connectivity index (χ4n) is 2.98. The number of ketones is 1. The molecule has 3 heterocycles. The van der Waals surface area contributed by atoms with Crippen molar-refractivity contribution in [3.05, 3.63) is 66.2 Å². The Morgan fingerprint density at radius 3 is 2.61 bits per heavy atom. The molecule has 0 saturated carbocycles. The predicted molar refractivity (Wildman–Crippen MR) is 130 cm³/mol. The summed E-state index contributed by atoms with van der Waals surface area (Å²) in [5.41, 5.74) is 1.11. The highest BCUT2D eigenvalue weighted by Crippen LogP contribution is 2.34. The second kappa shape index (κ2) is 11.5. The number of aromatic nitrogens is 1. The second-order valence-corrected chi connectivity index (χ2v) is 11.9. The number of rotatable bonds is 11. The summed E-state index contributed by atoms with van der Waals surface area (Å²) < 4.78 is 33.0. The van der Waals surface area contributed by atoms with Crippen molar-refractivity contribution in [3.63, 3.8) is 0 Å². The lowest BCUT2D eigenvalue weighted by molar-refractivity contribution is -0.143. The molecule has 12 heteroatoms. The number of carbonyl (C=O) groups is 2. The quantitative estimate of drug-likeness (QED) is 0.274. The van der Waals surface area contributed by atoms with Gasteiger partial charge in [-0.25, -0.2) is 13.1 Å². The maximum atomic E-state index is 13.1. The van der Waals surface area contributed by atoms with Gasteiger partial charge < -0.3 is 4.74 Å². The maximum absolute atomic E-state index is 13.1. The highest BCUT2D eigenvalue weighted by atomic mass is 35.5. The normalized spacial score (nSPS) is 11.5. The van der Waals surface area contributed by atoms with Crippen LogP contribution in [0, 0.1) is 0 Å². The molecule has 3 aromatic rings. The molecule has 33 heavy (non-hydrogen) atoms. The van der Waals surface area contributed by atoms with Crippen LogP contribution in [0.5, 0.6) is 0 Å². The van der Waals surface area contributed by atoms with Crippen LogP contribution in [-0.2, 0) is 32.4 Å². The highest BCUT2D eigenvalue weighted by Gasteiger charge is 2.22. The molecule has 1 N–H and O–H groups in total. The lowest BCUT2D eigenvalue weighted by Crippen LogP contribution is -2.26. The van der Waals surface area contributed by atoms with Gasteiger partial charge in [-0.15, -0.1) is 22.7 Å². The molecule has 0 bridgehead atoms. The largest absolute Gasteiger partial charge is 0.466 e. The summed E-state index contributed by atoms with van der Waals surface area (Å²) in [6, 6.07) is 6.47.